The third-order valence-corrected chi connectivity index (χ3v) is 5.11. The number of esters is 1. The quantitative estimate of drug-likeness (QED) is 0.574. The standard InChI is InChI=1S/C22H17NO2S/c1-16-8-2-3-10-18(16)15-25-22(24)19-11-5-7-13-21(19)26-20-12-6-4-9-17(20)14-23/h2-13H,15H2,1H3. The fourth-order valence-electron chi connectivity index (χ4n) is 2.48. The highest BCUT2D eigenvalue weighted by molar-refractivity contribution is 7.99. The zero-order valence-electron chi connectivity index (χ0n) is 14.3. The fraction of sp³-hybridized carbons (Fsp3) is 0.0909. The van der Waals surface area contributed by atoms with Crippen LogP contribution in [0.1, 0.15) is 27.0 Å². The first-order valence-electron chi connectivity index (χ1n) is 8.16. The SMILES string of the molecule is Cc1ccccc1COC(=O)c1ccccc1Sc1ccccc1C#N. The fourth-order valence-corrected chi connectivity index (χ4v) is 3.50. The molecule has 0 heterocycles. The number of carbonyl (C=O) groups excluding carboxylic acids is 1. The predicted octanol–water partition coefficient (Wildman–Crippen LogP) is 5.37. The summed E-state index contributed by atoms with van der Waals surface area (Å²) in [7, 11) is 0. The first-order valence-corrected chi connectivity index (χ1v) is 8.98. The number of hydrogen-bond acceptors (Lipinski definition) is 4. The molecule has 0 amide bonds. The van der Waals surface area contributed by atoms with E-state index in [4.69, 9.17) is 4.74 Å². The Hall–Kier alpha value is -3.03. The van der Waals surface area contributed by atoms with Crippen LogP contribution in [0, 0.1) is 18.3 Å². The summed E-state index contributed by atoms with van der Waals surface area (Å²) in [6, 6.07) is 24.6. The summed E-state index contributed by atoms with van der Waals surface area (Å²) >= 11 is 1.40. The van der Waals surface area contributed by atoms with Crippen molar-refractivity contribution in [2.24, 2.45) is 0 Å². The lowest BCUT2D eigenvalue weighted by molar-refractivity contribution is 0.0468. The van der Waals surface area contributed by atoms with Crippen molar-refractivity contribution in [3.63, 3.8) is 0 Å². The van der Waals surface area contributed by atoms with E-state index in [9.17, 15) is 10.1 Å². The highest BCUT2D eigenvalue weighted by atomic mass is 32.2. The smallest absolute Gasteiger partial charge is 0.339 e. The van der Waals surface area contributed by atoms with Crippen molar-refractivity contribution in [3.05, 3.63) is 95.1 Å². The van der Waals surface area contributed by atoms with E-state index in [1.165, 1.54) is 11.8 Å². The first-order chi connectivity index (χ1) is 12.7. The van der Waals surface area contributed by atoms with Gasteiger partial charge in [-0.15, -0.1) is 0 Å². The van der Waals surface area contributed by atoms with Crippen molar-refractivity contribution in [1.29, 1.82) is 5.26 Å². The van der Waals surface area contributed by atoms with Gasteiger partial charge < -0.3 is 4.74 Å². The molecule has 0 fully saturated rings. The van der Waals surface area contributed by atoms with Crippen LogP contribution in [0.15, 0.2) is 82.6 Å². The molecule has 0 spiro atoms. The minimum absolute atomic E-state index is 0.235. The third-order valence-electron chi connectivity index (χ3n) is 3.95. The van der Waals surface area contributed by atoms with Crippen molar-refractivity contribution < 1.29 is 9.53 Å². The van der Waals surface area contributed by atoms with E-state index in [-0.39, 0.29) is 12.6 Å². The zero-order valence-corrected chi connectivity index (χ0v) is 15.1. The maximum absolute atomic E-state index is 12.6. The van der Waals surface area contributed by atoms with E-state index < -0.39 is 0 Å². The van der Waals surface area contributed by atoms with Crippen LogP contribution in [0.5, 0.6) is 0 Å². The van der Waals surface area contributed by atoms with Crippen LogP contribution in [-0.4, -0.2) is 5.97 Å². The van der Waals surface area contributed by atoms with E-state index >= 15 is 0 Å². The van der Waals surface area contributed by atoms with Gasteiger partial charge in [-0.05, 0) is 42.3 Å². The number of carbonyl (C=O) groups is 1. The monoisotopic (exact) mass is 359 g/mol. The van der Waals surface area contributed by atoms with Gasteiger partial charge in [-0.1, -0.05) is 60.3 Å². The summed E-state index contributed by atoms with van der Waals surface area (Å²) in [5.41, 5.74) is 3.16. The normalized spacial score (nSPS) is 10.2. The molecule has 0 atom stereocenters. The maximum Gasteiger partial charge on any atom is 0.339 e. The predicted molar refractivity (Wildman–Crippen MR) is 102 cm³/mol. The summed E-state index contributed by atoms with van der Waals surface area (Å²) < 4.78 is 5.51. The van der Waals surface area contributed by atoms with Crippen molar-refractivity contribution in [2.75, 3.05) is 0 Å². The molecule has 0 aliphatic carbocycles. The number of benzene rings is 3. The Morgan fingerprint density at radius 3 is 2.38 bits per heavy atom. The highest BCUT2D eigenvalue weighted by Crippen LogP contribution is 2.33. The minimum atomic E-state index is -0.370. The lowest BCUT2D eigenvalue weighted by Gasteiger charge is -2.11. The zero-order chi connectivity index (χ0) is 18.4. The Labute approximate surface area is 157 Å². The topological polar surface area (TPSA) is 50.1 Å². The second-order valence-electron chi connectivity index (χ2n) is 5.71. The summed E-state index contributed by atoms with van der Waals surface area (Å²) in [6.07, 6.45) is 0. The van der Waals surface area contributed by atoms with Crippen LogP contribution in [-0.2, 0) is 11.3 Å². The van der Waals surface area contributed by atoms with Gasteiger partial charge in [0.25, 0.3) is 0 Å². The molecule has 0 aliphatic heterocycles. The second kappa shape index (κ2) is 8.37. The van der Waals surface area contributed by atoms with Crippen molar-refractivity contribution >= 4 is 17.7 Å². The van der Waals surface area contributed by atoms with E-state index in [2.05, 4.69) is 6.07 Å². The molecule has 3 rings (SSSR count). The van der Waals surface area contributed by atoms with Crippen LogP contribution >= 0.6 is 11.8 Å². The Morgan fingerprint density at radius 2 is 1.62 bits per heavy atom. The Bertz CT molecular complexity index is 976. The van der Waals surface area contributed by atoms with Crippen molar-refractivity contribution in [3.8, 4) is 6.07 Å². The average molecular weight is 359 g/mol. The number of nitrogens with zero attached hydrogens (tertiary/aromatic N) is 1. The van der Waals surface area contributed by atoms with Crippen LogP contribution in [0.2, 0.25) is 0 Å². The molecule has 3 aromatic rings. The van der Waals surface area contributed by atoms with Gasteiger partial charge in [0.05, 0.1) is 11.1 Å². The first kappa shape index (κ1) is 17.8. The van der Waals surface area contributed by atoms with E-state index in [0.717, 1.165) is 20.9 Å². The van der Waals surface area contributed by atoms with Gasteiger partial charge in [0, 0.05) is 9.79 Å². The molecular weight excluding hydrogens is 342 g/mol. The van der Waals surface area contributed by atoms with Crippen molar-refractivity contribution in [1.82, 2.24) is 0 Å². The van der Waals surface area contributed by atoms with Gasteiger partial charge in [0.2, 0.25) is 0 Å². The minimum Gasteiger partial charge on any atom is -0.457 e. The molecular formula is C22H17NO2S. The summed E-state index contributed by atoms with van der Waals surface area (Å²) in [5, 5.41) is 9.26. The van der Waals surface area contributed by atoms with Gasteiger partial charge in [0.15, 0.2) is 0 Å². The van der Waals surface area contributed by atoms with Crippen molar-refractivity contribution in [2.45, 2.75) is 23.3 Å². The molecule has 0 saturated carbocycles. The third kappa shape index (κ3) is 4.14. The van der Waals surface area contributed by atoms with Crippen LogP contribution < -0.4 is 0 Å². The summed E-state index contributed by atoms with van der Waals surface area (Å²) in [4.78, 5) is 14.2. The summed E-state index contributed by atoms with van der Waals surface area (Å²) in [6.45, 7) is 2.23. The van der Waals surface area contributed by atoms with Gasteiger partial charge in [-0.3, -0.25) is 0 Å². The highest BCUT2D eigenvalue weighted by Gasteiger charge is 2.15. The Morgan fingerprint density at radius 1 is 0.962 bits per heavy atom. The van der Waals surface area contributed by atoms with Gasteiger partial charge in [-0.25, -0.2) is 4.79 Å². The molecule has 0 radical (unpaired) electrons. The number of hydrogen-bond donors (Lipinski definition) is 0. The largest absolute Gasteiger partial charge is 0.457 e. The number of aryl methyl sites for hydroxylation is 1. The molecule has 0 bridgehead atoms. The van der Waals surface area contributed by atoms with E-state index in [0.29, 0.717) is 11.1 Å². The van der Waals surface area contributed by atoms with Gasteiger partial charge >= 0.3 is 5.97 Å². The lowest BCUT2D eigenvalue weighted by Crippen LogP contribution is -2.07. The van der Waals surface area contributed by atoms with E-state index in [1.54, 1.807) is 12.1 Å². The second-order valence-corrected chi connectivity index (χ2v) is 6.79. The Kier molecular flexibility index (Phi) is 5.73. The molecule has 4 heteroatoms. The molecule has 0 saturated heterocycles. The molecule has 3 nitrogen and oxygen atoms in total. The Balaban J connectivity index is 1.79. The van der Waals surface area contributed by atoms with E-state index in [1.807, 2.05) is 67.6 Å². The molecule has 0 unspecified atom stereocenters. The average Bonchev–Trinajstić information content (AvgIpc) is 2.68. The number of ether oxygens (including phenoxy) is 1. The van der Waals surface area contributed by atoms with Crippen LogP contribution in [0.4, 0.5) is 0 Å². The molecule has 0 N–H and O–H groups in total. The summed E-state index contributed by atoms with van der Waals surface area (Å²) in [5.74, 6) is -0.370. The molecule has 26 heavy (non-hydrogen) atoms. The molecule has 128 valence electrons. The van der Waals surface area contributed by atoms with Gasteiger partial charge in [0.1, 0.15) is 12.7 Å². The lowest BCUT2D eigenvalue weighted by atomic mass is 10.1. The molecule has 0 aromatic heterocycles. The van der Waals surface area contributed by atoms with Gasteiger partial charge in [-0.2, -0.15) is 5.26 Å². The molecule has 0 aliphatic rings. The van der Waals surface area contributed by atoms with Crippen LogP contribution in [0.3, 0.4) is 0 Å². The molecule has 3 aromatic carbocycles. The number of rotatable bonds is 5. The van der Waals surface area contributed by atoms with Crippen LogP contribution in [0.25, 0.3) is 0 Å². The maximum atomic E-state index is 12.6. The number of nitriles is 1.